The largest absolute Gasteiger partial charge is 0.330 e. The third-order valence-electron chi connectivity index (χ3n) is 3.86. The lowest BCUT2D eigenvalue weighted by molar-refractivity contribution is 0.461. The van der Waals surface area contributed by atoms with Crippen molar-refractivity contribution in [1.82, 2.24) is 19.3 Å². The molecule has 0 aliphatic heterocycles. The highest BCUT2D eigenvalue weighted by molar-refractivity contribution is 5.04. The fraction of sp³-hybridized carbons (Fsp3) is 0.571. The summed E-state index contributed by atoms with van der Waals surface area (Å²) in [4.78, 5) is 4.33. The number of nitrogens with zero attached hydrogens (tertiary/aromatic N) is 4. The molecule has 5 nitrogen and oxygen atoms in total. The second-order valence-electron chi connectivity index (χ2n) is 5.24. The monoisotopic (exact) mass is 259 g/mol. The topological polar surface area (TPSA) is 61.7 Å². The average molecular weight is 259 g/mol. The number of nitrogens with two attached hydrogens (primary N) is 1. The van der Waals surface area contributed by atoms with Gasteiger partial charge in [-0.15, -0.1) is 0 Å². The lowest BCUT2D eigenvalue weighted by Crippen LogP contribution is -2.11. The molecule has 1 aliphatic carbocycles. The minimum atomic E-state index is 0.611. The molecule has 0 aromatic carbocycles. The van der Waals surface area contributed by atoms with E-state index < -0.39 is 0 Å². The van der Waals surface area contributed by atoms with Gasteiger partial charge in [0.1, 0.15) is 5.82 Å². The molecule has 2 aromatic rings. The molecule has 102 valence electrons. The Morgan fingerprint density at radius 1 is 1.26 bits per heavy atom. The van der Waals surface area contributed by atoms with Crippen LogP contribution in [0.15, 0.2) is 24.7 Å². The minimum absolute atomic E-state index is 0.611. The summed E-state index contributed by atoms with van der Waals surface area (Å²) < 4.78 is 4.27. The molecule has 2 aromatic heterocycles. The van der Waals surface area contributed by atoms with Gasteiger partial charge < -0.3 is 10.3 Å². The van der Waals surface area contributed by atoms with Crippen LogP contribution < -0.4 is 5.73 Å². The van der Waals surface area contributed by atoms with Crippen molar-refractivity contribution < 1.29 is 0 Å². The molecule has 0 unspecified atom stereocenters. The van der Waals surface area contributed by atoms with E-state index in [0.717, 1.165) is 24.5 Å². The van der Waals surface area contributed by atoms with E-state index in [4.69, 9.17) is 10.8 Å². The number of hydrogen-bond donors (Lipinski definition) is 1. The zero-order valence-electron chi connectivity index (χ0n) is 11.2. The maximum Gasteiger partial charge on any atom is 0.110 e. The predicted octanol–water partition coefficient (Wildman–Crippen LogP) is 1.74. The van der Waals surface area contributed by atoms with Crippen molar-refractivity contribution in [3.05, 3.63) is 36.2 Å². The number of hydrogen-bond acceptors (Lipinski definition) is 3. The summed E-state index contributed by atoms with van der Waals surface area (Å²) in [5.74, 6) is 1.04. The van der Waals surface area contributed by atoms with Crippen LogP contribution in [0.4, 0.5) is 0 Å². The standard InChI is InChI=1S/C14H21N5/c15-7-5-14-16-8-10-18(14)11-12-6-9-19(17-12)13-3-1-2-4-13/h6,8-10,13H,1-5,7,11,15H2. The third-order valence-corrected chi connectivity index (χ3v) is 3.86. The van der Waals surface area contributed by atoms with Crippen molar-refractivity contribution in [3.8, 4) is 0 Å². The normalized spacial score (nSPS) is 16.3. The van der Waals surface area contributed by atoms with E-state index >= 15 is 0 Å². The zero-order chi connectivity index (χ0) is 13.1. The first-order valence-corrected chi connectivity index (χ1v) is 7.11. The van der Waals surface area contributed by atoms with E-state index in [0.29, 0.717) is 12.6 Å². The molecule has 0 atom stereocenters. The Balaban J connectivity index is 1.70. The average Bonchev–Trinajstić information content (AvgIpc) is 3.12. The van der Waals surface area contributed by atoms with Crippen molar-refractivity contribution in [1.29, 1.82) is 0 Å². The Kier molecular flexibility index (Phi) is 3.64. The van der Waals surface area contributed by atoms with E-state index in [-0.39, 0.29) is 0 Å². The summed E-state index contributed by atoms with van der Waals surface area (Å²) >= 11 is 0. The highest BCUT2D eigenvalue weighted by Crippen LogP contribution is 2.28. The molecular weight excluding hydrogens is 238 g/mol. The minimum Gasteiger partial charge on any atom is -0.330 e. The quantitative estimate of drug-likeness (QED) is 0.889. The van der Waals surface area contributed by atoms with Crippen molar-refractivity contribution in [2.24, 2.45) is 5.73 Å². The van der Waals surface area contributed by atoms with Gasteiger partial charge in [-0.25, -0.2) is 4.98 Å². The molecule has 19 heavy (non-hydrogen) atoms. The van der Waals surface area contributed by atoms with E-state index in [9.17, 15) is 0 Å². The molecular formula is C14H21N5. The van der Waals surface area contributed by atoms with Crippen LogP contribution in [-0.2, 0) is 13.0 Å². The van der Waals surface area contributed by atoms with Gasteiger partial charge in [0.25, 0.3) is 0 Å². The van der Waals surface area contributed by atoms with Gasteiger partial charge in [0.05, 0.1) is 18.3 Å². The highest BCUT2D eigenvalue weighted by atomic mass is 15.3. The van der Waals surface area contributed by atoms with Crippen LogP contribution in [0.3, 0.4) is 0 Å². The summed E-state index contributed by atoms with van der Waals surface area (Å²) in [5.41, 5.74) is 6.70. The van der Waals surface area contributed by atoms with E-state index in [2.05, 4.69) is 26.5 Å². The van der Waals surface area contributed by atoms with Crippen molar-refractivity contribution in [3.63, 3.8) is 0 Å². The summed E-state index contributed by atoms with van der Waals surface area (Å²) in [7, 11) is 0. The molecule has 0 bridgehead atoms. The Labute approximate surface area is 113 Å². The summed E-state index contributed by atoms with van der Waals surface area (Å²) in [6, 6.07) is 2.73. The van der Waals surface area contributed by atoms with Gasteiger partial charge in [0, 0.05) is 25.0 Å². The highest BCUT2D eigenvalue weighted by Gasteiger charge is 2.17. The summed E-state index contributed by atoms with van der Waals surface area (Å²) in [6.45, 7) is 1.42. The summed E-state index contributed by atoms with van der Waals surface area (Å²) in [5, 5.41) is 4.71. The van der Waals surface area contributed by atoms with Crippen molar-refractivity contribution in [2.75, 3.05) is 6.54 Å². The van der Waals surface area contributed by atoms with E-state index in [1.807, 2.05) is 12.4 Å². The smallest absolute Gasteiger partial charge is 0.110 e. The van der Waals surface area contributed by atoms with E-state index in [1.54, 1.807) is 0 Å². The molecule has 0 saturated heterocycles. The Morgan fingerprint density at radius 2 is 2.11 bits per heavy atom. The SMILES string of the molecule is NCCc1nccn1Cc1ccn(C2CCCC2)n1. The molecule has 1 saturated carbocycles. The second kappa shape index (κ2) is 5.57. The van der Waals surface area contributed by atoms with Crippen LogP contribution in [0, 0.1) is 0 Å². The molecule has 1 aliphatic rings. The molecule has 3 rings (SSSR count). The molecule has 0 spiro atoms. The van der Waals surface area contributed by atoms with Gasteiger partial charge in [-0.05, 0) is 25.5 Å². The Bertz CT molecular complexity index is 521. The van der Waals surface area contributed by atoms with Crippen LogP contribution in [0.1, 0.15) is 43.2 Å². The molecule has 5 heteroatoms. The fourth-order valence-corrected chi connectivity index (χ4v) is 2.85. The molecule has 1 fully saturated rings. The van der Waals surface area contributed by atoms with Crippen LogP contribution in [-0.4, -0.2) is 25.9 Å². The lowest BCUT2D eigenvalue weighted by Gasteiger charge is -2.09. The van der Waals surface area contributed by atoms with Crippen molar-refractivity contribution >= 4 is 0 Å². The summed E-state index contributed by atoms with van der Waals surface area (Å²) in [6.07, 6.45) is 12.0. The molecule has 0 radical (unpaired) electrons. The van der Waals surface area contributed by atoms with Gasteiger partial charge >= 0.3 is 0 Å². The first-order chi connectivity index (χ1) is 9.36. The van der Waals surface area contributed by atoms with Crippen LogP contribution >= 0.6 is 0 Å². The van der Waals surface area contributed by atoms with Gasteiger partial charge in [0.2, 0.25) is 0 Å². The number of rotatable bonds is 5. The Morgan fingerprint density at radius 3 is 2.89 bits per heavy atom. The first-order valence-electron chi connectivity index (χ1n) is 7.11. The maximum atomic E-state index is 5.60. The van der Waals surface area contributed by atoms with Crippen LogP contribution in [0.5, 0.6) is 0 Å². The second-order valence-corrected chi connectivity index (χ2v) is 5.24. The van der Waals surface area contributed by atoms with Crippen LogP contribution in [0.25, 0.3) is 0 Å². The molecule has 2 N–H and O–H groups in total. The number of aromatic nitrogens is 4. The van der Waals surface area contributed by atoms with Gasteiger partial charge in [-0.1, -0.05) is 12.8 Å². The predicted molar refractivity (Wildman–Crippen MR) is 73.8 cm³/mol. The van der Waals surface area contributed by atoms with E-state index in [1.165, 1.54) is 25.7 Å². The van der Waals surface area contributed by atoms with Crippen LogP contribution in [0.2, 0.25) is 0 Å². The number of imidazole rings is 1. The first kappa shape index (κ1) is 12.4. The maximum absolute atomic E-state index is 5.60. The van der Waals surface area contributed by atoms with Gasteiger partial charge in [-0.2, -0.15) is 5.10 Å². The Hall–Kier alpha value is -1.62. The molecule has 0 amide bonds. The molecule has 2 heterocycles. The van der Waals surface area contributed by atoms with Gasteiger partial charge in [-0.3, -0.25) is 4.68 Å². The fourth-order valence-electron chi connectivity index (χ4n) is 2.85. The van der Waals surface area contributed by atoms with Crippen molar-refractivity contribution in [2.45, 2.75) is 44.7 Å². The zero-order valence-corrected chi connectivity index (χ0v) is 11.2. The lowest BCUT2D eigenvalue weighted by atomic mass is 10.3. The van der Waals surface area contributed by atoms with Gasteiger partial charge in [0.15, 0.2) is 0 Å². The third kappa shape index (κ3) is 2.71.